The molecule has 2 N–H and O–H groups in total. The zero-order valence-electron chi connectivity index (χ0n) is 8.95. The molecule has 0 radical (unpaired) electrons. The van der Waals surface area contributed by atoms with Crippen LogP contribution < -0.4 is 5.73 Å². The molecule has 0 saturated heterocycles. The van der Waals surface area contributed by atoms with Gasteiger partial charge in [0.1, 0.15) is 6.10 Å². The van der Waals surface area contributed by atoms with Crippen LogP contribution in [0, 0.1) is 11.8 Å². The molecule has 0 heterocycles. The first-order valence-electron chi connectivity index (χ1n) is 5.12. The van der Waals surface area contributed by atoms with Crippen molar-refractivity contribution in [3.63, 3.8) is 0 Å². The second-order valence-corrected chi connectivity index (χ2v) is 4.35. The normalized spacial score (nSPS) is 32.3. The minimum absolute atomic E-state index is 0.0613. The first kappa shape index (κ1) is 11.1. The molecule has 3 atom stereocenters. The van der Waals surface area contributed by atoms with Gasteiger partial charge in [0.25, 0.3) is 0 Å². The lowest BCUT2D eigenvalue weighted by Gasteiger charge is -2.34. The summed E-state index contributed by atoms with van der Waals surface area (Å²) in [6, 6.07) is 0. The van der Waals surface area contributed by atoms with Gasteiger partial charge in [-0.15, -0.1) is 0 Å². The lowest BCUT2D eigenvalue weighted by atomic mass is 9.78. The molecule has 1 saturated carbocycles. The van der Waals surface area contributed by atoms with Crippen LogP contribution in [0.5, 0.6) is 0 Å². The number of nitrogens with two attached hydrogens (primary N) is 1. The Morgan fingerprint density at radius 1 is 1.50 bits per heavy atom. The monoisotopic (exact) mass is 197 g/mol. The SMILES string of the molecule is C=C(C)[C@@H]1CC[C@@H](C)C[C@H]1OC(N)=O. The molecule has 0 aromatic rings. The molecule has 3 heteroatoms. The van der Waals surface area contributed by atoms with Crippen molar-refractivity contribution in [1.82, 2.24) is 0 Å². The summed E-state index contributed by atoms with van der Waals surface area (Å²) >= 11 is 0. The van der Waals surface area contributed by atoms with Gasteiger partial charge < -0.3 is 10.5 Å². The summed E-state index contributed by atoms with van der Waals surface area (Å²) in [4.78, 5) is 10.7. The highest BCUT2D eigenvalue weighted by atomic mass is 16.6. The van der Waals surface area contributed by atoms with E-state index in [4.69, 9.17) is 10.5 Å². The third-order valence-electron chi connectivity index (χ3n) is 2.95. The summed E-state index contributed by atoms with van der Waals surface area (Å²) in [6.07, 6.45) is 2.40. The Bertz CT molecular complexity index is 237. The molecule has 3 nitrogen and oxygen atoms in total. The van der Waals surface area contributed by atoms with Gasteiger partial charge in [0.2, 0.25) is 0 Å². The highest BCUT2D eigenvalue weighted by Gasteiger charge is 2.31. The van der Waals surface area contributed by atoms with E-state index in [2.05, 4.69) is 13.5 Å². The average Bonchev–Trinajstić information content (AvgIpc) is 2.01. The number of carbonyl (C=O) groups is 1. The zero-order valence-corrected chi connectivity index (χ0v) is 8.95. The van der Waals surface area contributed by atoms with E-state index in [1.54, 1.807) is 0 Å². The Morgan fingerprint density at radius 2 is 2.14 bits per heavy atom. The Labute approximate surface area is 85.3 Å². The van der Waals surface area contributed by atoms with Gasteiger partial charge >= 0.3 is 6.09 Å². The van der Waals surface area contributed by atoms with Gasteiger partial charge in [-0.2, -0.15) is 0 Å². The molecular weight excluding hydrogens is 178 g/mol. The molecule has 0 aromatic heterocycles. The number of primary amides is 1. The Morgan fingerprint density at radius 3 is 2.64 bits per heavy atom. The molecule has 0 unspecified atom stereocenters. The van der Waals surface area contributed by atoms with Crippen LogP contribution in [0.1, 0.15) is 33.1 Å². The van der Waals surface area contributed by atoms with Crippen molar-refractivity contribution in [1.29, 1.82) is 0 Å². The number of carbonyl (C=O) groups excluding carboxylic acids is 1. The Balaban J connectivity index is 2.63. The Kier molecular flexibility index (Phi) is 3.55. The molecule has 1 aliphatic rings. The van der Waals surface area contributed by atoms with Gasteiger partial charge in [-0.05, 0) is 32.1 Å². The van der Waals surface area contributed by atoms with Gasteiger partial charge in [-0.25, -0.2) is 4.79 Å². The van der Waals surface area contributed by atoms with E-state index in [0.717, 1.165) is 18.4 Å². The molecule has 1 rings (SSSR count). The summed E-state index contributed by atoms with van der Waals surface area (Å²) in [5.74, 6) is 0.897. The molecule has 0 aromatic carbocycles. The van der Waals surface area contributed by atoms with Crippen LogP contribution >= 0.6 is 0 Å². The number of hydrogen-bond acceptors (Lipinski definition) is 2. The Hall–Kier alpha value is -0.990. The predicted octanol–water partition coefficient (Wildman–Crippen LogP) is 2.46. The van der Waals surface area contributed by atoms with Crippen molar-refractivity contribution in [3.8, 4) is 0 Å². The van der Waals surface area contributed by atoms with E-state index in [9.17, 15) is 4.79 Å². The number of hydrogen-bond donors (Lipinski definition) is 1. The van der Waals surface area contributed by atoms with Gasteiger partial charge in [0, 0.05) is 5.92 Å². The molecule has 14 heavy (non-hydrogen) atoms. The van der Waals surface area contributed by atoms with E-state index in [0.29, 0.717) is 11.8 Å². The van der Waals surface area contributed by atoms with Crippen molar-refractivity contribution in [2.45, 2.75) is 39.2 Å². The van der Waals surface area contributed by atoms with E-state index < -0.39 is 6.09 Å². The van der Waals surface area contributed by atoms with E-state index >= 15 is 0 Å². The van der Waals surface area contributed by atoms with Crippen molar-refractivity contribution in [3.05, 3.63) is 12.2 Å². The maximum atomic E-state index is 10.7. The van der Waals surface area contributed by atoms with Crippen LogP contribution in [-0.2, 0) is 4.74 Å². The van der Waals surface area contributed by atoms with Crippen LogP contribution in [0.4, 0.5) is 4.79 Å². The largest absolute Gasteiger partial charge is 0.446 e. The number of amides is 1. The molecule has 1 aliphatic carbocycles. The molecule has 0 spiro atoms. The minimum Gasteiger partial charge on any atom is -0.446 e. The molecule has 0 aliphatic heterocycles. The van der Waals surface area contributed by atoms with Crippen LogP contribution in [0.3, 0.4) is 0 Å². The second-order valence-electron chi connectivity index (χ2n) is 4.35. The van der Waals surface area contributed by atoms with Crippen molar-refractivity contribution < 1.29 is 9.53 Å². The first-order valence-corrected chi connectivity index (χ1v) is 5.12. The lowest BCUT2D eigenvalue weighted by Crippen LogP contribution is -2.35. The van der Waals surface area contributed by atoms with Crippen molar-refractivity contribution in [2.75, 3.05) is 0 Å². The van der Waals surface area contributed by atoms with Crippen LogP contribution in [0.25, 0.3) is 0 Å². The zero-order chi connectivity index (χ0) is 10.7. The minimum atomic E-state index is -0.671. The molecule has 80 valence electrons. The van der Waals surface area contributed by atoms with Crippen LogP contribution in [0.15, 0.2) is 12.2 Å². The van der Waals surface area contributed by atoms with E-state index in [1.165, 1.54) is 6.42 Å². The molecule has 0 bridgehead atoms. The fraction of sp³-hybridized carbons (Fsp3) is 0.727. The summed E-state index contributed by atoms with van der Waals surface area (Å²) in [5, 5.41) is 0. The van der Waals surface area contributed by atoms with Gasteiger partial charge in [0.05, 0.1) is 0 Å². The highest BCUT2D eigenvalue weighted by molar-refractivity contribution is 5.64. The topological polar surface area (TPSA) is 52.3 Å². The molecule has 1 fully saturated rings. The van der Waals surface area contributed by atoms with E-state index in [-0.39, 0.29) is 6.10 Å². The smallest absolute Gasteiger partial charge is 0.404 e. The average molecular weight is 197 g/mol. The highest BCUT2D eigenvalue weighted by Crippen LogP contribution is 2.34. The maximum Gasteiger partial charge on any atom is 0.404 e. The maximum absolute atomic E-state index is 10.7. The summed E-state index contributed by atoms with van der Waals surface area (Å²) < 4.78 is 5.11. The number of rotatable bonds is 2. The van der Waals surface area contributed by atoms with Crippen LogP contribution in [0.2, 0.25) is 0 Å². The van der Waals surface area contributed by atoms with Gasteiger partial charge in [0.15, 0.2) is 0 Å². The summed E-state index contributed by atoms with van der Waals surface area (Å²) in [7, 11) is 0. The van der Waals surface area contributed by atoms with Crippen molar-refractivity contribution in [2.24, 2.45) is 17.6 Å². The predicted molar refractivity (Wildman–Crippen MR) is 55.8 cm³/mol. The third-order valence-corrected chi connectivity index (χ3v) is 2.95. The van der Waals surface area contributed by atoms with Gasteiger partial charge in [-0.1, -0.05) is 19.1 Å². The summed E-state index contributed by atoms with van der Waals surface area (Å²) in [6.45, 7) is 8.09. The molecular formula is C11H19NO2. The standard InChI is InChI=1S/C11H19NO2/c1-7(2)9-5-4-8(3)6-10(9)14-11(12)13/h8-10H,1,4-6H2,2-3H3,(H2,12,13)/t8-,9+,10-/m1/s1. The lowest BCUT2D eigenvalue weighted by molar-refractivity contribution is 0.0404. The first-order chi connectivity index (χ1) is 6.50. The van der Waals surface area contributed by atoms with E-state index in [1.807, 2.05) is 6.92 Å². The second kappa shape index (κ2) is 4.49. The third kappa shape index (κ3) is 2.76. The van der Waals surface area contributed by atoms with Crippen molar-refractivity contribution >= 4 is 6.09 Å². The number of ether oxygens (including phenoxy) is 1. The fourth-order valence-electron chi connectivity index (χ4n) is 2.17. The molecule has 1 amide bonds. The quantitative estimate of drug-likeness (QED) is 0.691. The van der Waals surface area contributed by atoms with Crippen LogP contribution in [-0.4, -0.2) is 12.2 Å². The fourth-order valence-corrected chi connectivity index (χ4v) is 2.17. The summed E-state index contributed by atoms with van der Waals surface area (Å²) in [5.41, 5.74) is 6.13. The van der Waals surface area contributed by atoms with Gasteiger partial charge in [-0.3, -0.25) is 0 Å².